The van der Waals surface area contributed by atoms with E-state index in [9.17, 15) is 5.11 Å². The van der Waals surface area contributed by atoms with Crippen molar-refractivity contribution in [3.8, 4) is 0 Å². The number of aryl methyl sites for hydroxylation is 2. The van der Waals surface area contributed by atoms with Crippen LogP contribution in [-0.2, 0) is 0 Å². The van der Waals surface area contributed by atoms with Gasteiger partial charge in [-0.05, 0) is 51.3 Å². The van der Waals surface area contributed by atoms with E-state index in [-0.39, 0.29) is 0 Å². The molecular weight excluding hydrogens is 312 g/mol. The molecule has 0 saturated carbocycles. The maximum atomic E-state index is 10.4. The standard InChI is InChI=1S/C20H28N4O/c1-15-12-21-16(2)20(23-15)22-13-17-8-10-24(11-9-17)14-19(25)18-6-4-3-5-7-18/h3-7,12,17,19,25H,8-11,13-14H2,1-2H3,(H,22,23). The largest absolute Gasteiger partial charge is 0.387 e. The summed E-state index contributed by atoms with van der Waals surface area (Å²) in [6.45, 7) is 7.68. The molecule has 1 aromatic heterocycles. The molecule has 25 heavy (non-hydrogen) atoms. The van der Waals surface area contributed by atoms with E-state index in [1.165, 1.54) is 0 Å². The molecule has 0 aliphatic carbocycles. The number of benzene rings is 1. The van der Waals surface area contributed by atoms with E-state index < -0.39 is 6.10 Å². The number of anilines is 1. The van der Waals surface area contributed by atoms with Crippen molar-refractivity contribution in [2.45, 2.75) is 32.8 Å². The van der Waals surface area contributed by atoms with Crippen LogP contribution in [-0.4, -0.2) is 46.2 Å². The zero-order chi connectivity index (χ0) is 17.6. The molecule has 0 spiro atoms. The minimum absolute atomic E-state index is 0.402. The predicted molar refractivity (Wildman–Crippen MR) is 101 cm³/mol. The van der Waals surface area contributed by atoms with Crippen LogP contribution in [0.1, 0.15) is 35.9 Å². The van der Waals surface area contributed by atoms with Gasteiger partial charge in [-0.15, -0.1) is 0 Å². The zero-order valence-electron chi connectivity index (χ0n) is 15.2. The third-order valence-corrected chi connectivity index (χ3v) is 4.96. The summed E-state index contributed by atoms with van der Waals surface area (Å²) >= 11 is 0. The third-order valence-electron chi connectivity index (χ3n) is 4.96. The van der Waals surface area contributed by atoms with Crippen LogP contribution in [0.2, 0.25) is 0 Å². The topological polar surface area (TPSA) is 61.3 Å². The first-order valence-corrected chi connectivity index (χ1v) is 9.11. The van der Waals surface area contributed by atoms with Crippen LogP contribution >= 0.6 is 0 Å². The molecule has 0 radical (unpaired) electrons. The van der Waals surface area contributed by atoms with Gasteiger partial charge in [0, 0.05) is 19.3 Å². The van der Waals surface area contributed by atoms with Crippen LogP contribution in [0.5, 0.6) is 0 Å². The average Bonchev–Trinajstić information content (AvgIpc) is 2.64. The summed E-state index contributed by atoms with van der Waals surface area (Å²) < 4.78 is 0. The summed E-state index contributed by atoms with van der Waals surface area (Å²) in [5.41, 5.74) is 2.90. The molecule has 1 fully saturated rings. The van der Waals surface area contributed by atoms with Gasteiger partial charge in [0.25, 0.3) is 0 Å². The molecule has 1 aliphatic heterocycles. The van der Waals surface area contributed by atoms with Gasteiger partial charge in [-0.1, -0.05) is 30.3 Å². The second kappa shape index (κ2) is 8.41. The van der Waals surface area contributed by atoms with E-state index in [1.807, 2.05) is 44.2 Å². The van der Waals surface area contributed by atoms with Crippen LogP contribution in [0.3, 0.4) is 0 Å². The number of aliphatic hydroxyl groups is 1. The Labute approximate surface area is 150 Å². The van der Waals surface area contributed by atoms with E-state index in [0.717, 1.165) is 55.2 Å². The molecule has 3 rings (SSSR count). The fraction of sp³-hybridized carbons (Fsp3) is 0.500. The summed E-state index contributed by atoms with van der Waals surface area (Å²) in [4.78, 5) is 11.2. The molecule has 1 atom stereocenters. The van der Waals surface area contributed by atoms with Crippen molar-refractivity contribution in [3.05, 3.63) is 53.5 Å². The second-order valence-electron chi connectivity index (χ2n) is 7.00. The molecule has 5 nitrogen and oxygen atoms in total. The molecule has 1 aliphatic rings. The monoisotopic (exact) mass is 340 g/mol. The third kappa shape index (κ3) is 5.00. The highest BCUT2D eigenvalue weighted by Crippen LogP contribution is 2.21. The first-order chi connectivity index (χ1) is 12.1. The Morgan fingerprint density at radius 1 is 1.20 bits per heavy atom. The lowest BCUT2D eigenvalue weighted by molar-refractivity contribution is 0.0909. The summed E-state index contributed by atoms with van der Waals surface area (Å²) in [7, 11) is 0. The number of aromatic nitrogens is 2. The normalized spacial score (nSPS) is 17.4. The summed E-state index contributed by atoms with van der Waals surface area (Å²) in [5, 5.41) is 13.8. The van der Waals surface area contributed by atoms with E-state index in [2.05, 4.69) is 20.2 Å². The first kappa shape index (κ1) is 17.8. The van der Waals surface area contributed by atoms with Crippen molar-refractivity contribution in [2.24, 2.45) is 5.92 Å². The lowest BCUT2D eigenvalue weighted by atomic mass is 9.96. The van der Waals surface area contributed by atoms with Crippen LogP contribution in [0, 0.1) is 19.8 Å². The fourth-order valence-electron chi connectivity index (χ4n) is 3.34. The number of rotatable bonds is 6. The van der Waals surface area contributed by atoms with Crippen molar-refractivity contribution in [1.82, 2.24) is 14.9 Å². The SMILES string of the molecule is Cc1cnc(C)c(NCC2CCN(CC(O)c3ccccc3)CC2)n1. The number of nitrogens with one attached hydrogen (secondary N) is 1. The Morgan fingerprint density at radius 2 is 1.92 bits per heavy atom. The first-order valence-electron chi connectivity index (χ1n) is 9.11. The Hall–Kier alpha value is -1.98. The van der Waals surface area contributed by atoms with Gasteiger partial charge in [0.15, 0.2) is 0 Å². The fourth-order valence-corrected chi connectivity index (χ4v) is 3.34. The lowest BCUT2D eigenvalue weighted by Crippen LogP contribution is -2.38. The highest BCUT2D eigenvalue weighted by molar-refractivity contribution is 5.39. The number of β-amino-alcohol motifs (C(OH)–C–C–N with tert-alkyl or cyclic N) is 1. The van der Waals surface area contributed by atoms with Gasteiger partial charge in [0.2, 0.25) is 0 Å². The van der Waals surface area contributed by atoms with Gasteiger partial charge in [-0.25, -0.2) is 4.98 Å². The Kier molecular flexibility index (Phi) is 6.00. The number of hydrogen-bond donors (Lipinski definition) is 2. The van der Waals surface area contributed by atoms with E-state index in [4.69, 9.17) is 0 Å². The van der Waals surface area contributed by atoms with Crippen LogP contribution in [0.4, 0.5) is 5.82 Å². The molecule has 1 saturated heterocycles. The molecule has 2 heterocycles. The Bertz CT molecular complexity index is 669. The van der Waals surface area contributed by atoms with Gasteiger partial charge in [-0.3, -0.25) is 4.98 Å². The van der Waals surface area contributed by atoms with Gasteiger partial charge < -0.3 is 15.3 Å². The predicted octanol–water partition coefficient (Wildman–Crippen LogP) is 2.95. The smallest absolute Gasteiger partial charge is 0.147 e. The van der Waals surface area contributed by atoms with E-state index in [1.54, 1.807) is 6.20 Å². The van der Waals surface area contributed by atoms with Crippen molar-refractivity contribution in [2.75, 3.05) is 31.5 Å². The van der Waals surface area contributed by atoms with Gasteiger partial charge in [-0.2, -0.15) is 0 Å². The van der Waals surface area contributed by atoms with Crippen molar-refractivity contribution >= 4 is 5.82 Å². The second-order valence-corrected chi connectivity index (χ2v) is 7.00. The number of likely N-dealkylation sites (tertiary alicyclic amines) is 1. The number of hydrogen-bond acceptors (Lipinski definition) is 5. The molecule has 0 bridgehead atoms. The summed E-state index contributed by atoms with van der Waals surface area (Å²) in [6.07, 6.45) is 3.69. The molecular formula is C20H28N4O. The Morgan fingerprint density at radius 3 is 2.64 bits per heavy atom. The average molecular weight is 340 g/mol. The maximum Gasteiger partial charge on any atom is 0.147 e. The number of piperidine rings is 1. The molecule has 1 unspecified atom stereocenters. The van der Waals surface area contributed by atoms with Gasteiger partial charge in [0.1, 0.15) is 5.82 Å². The quantitative estimate of drug-likeness (QED) is 0.846. The van der Waals surface area contributed by atoms with Crippen LogP contribution in [0.25, 0.3) is 0 Å². The lowest BCUT2D eigenvalue weighted by Gasteiger charge is -2.33. The zero-order valence-corrected chi connectivity index (χ0v) is 15.2. The molecule has 0 amide bonds. The van der Waals surface area contributed by atoms with Crippen LogP contribution < -0.4 is 5.32 Å². The summed E-state index contributed by atoms with van der Waals surface area (Å²) in [6, 6.07) is 9.92. The molecule has 2 N–H and O–H groups in total. The highest BCUT2D eigenvalue weighted by Gasteiger charge is 2.21. The minimum atomic E-state index is -0.402. The highest BCUT2D eigenvalue weighted by atomic mass is 16.3. The maximum absolute atomic E-state index is 10.4. The van der Waals surface area contributed by atoms with E-state index >= 15 is 0 Å². The van der Waals surface area contributed by atoms with Gasteiger partial charge >= 0.3 is 0 Å². The molecule has 1 aromatic carbocycles. The molecule has 134 valence electrons. The Balaban J connectivity index is 1.43. The van der Waals surface area contributed by atoms with Crippen molar-refractivity contribution in [3.63, 3.8) is 0 Å². The van der Waals surface area contributed by atoms with Crippen molar-refractivity contribution < 1.29 is 5.11 Å². The van der Waals surface area contributed by atoms with Crippen molar-refractivity contribution in [1.29, 1.82) is 0 Å². The van der Waals surface area contributed by atoms with E-state index in [0.29, 0.717) is 12.5 Å². The minimum Gasteiger partial charge on any atom is -0.387 e. The molecule has 5 heteroatoms. The number of aliphatic hydroxyl groups excluding tert-OH is 1. The summed E-state index contributed by atoms with van der Waals surface area (Å²) in [5.74, 6) is 1.55. The number of nitrogens with zero attached hydrogens (tertiary/aromatic N) is 3. The van der Waals surface area contributed by atoms with Crippen LogP contribution in [0.15, 0.2) is 36.5 Å². The molecule has 2 aromatic rings. The van der Waals surface area contributed by atoms with Gasteiger partial charge in [0.05, 0.1) is 17.5 Å².